The number of ether oxygens (including phenoxy) is 3. The minimum atomic E-state index is -0.191. The number of benzene rings is 1. The predicted molar refractivity (Wildman–Crippen MR) is 110 cm³/mol. The number of rotatable bonds is 10. The van der Waals surface area contributed by atoms with Crippen LogP contribution in [0.5, 0.6) is 11.6 Å². The Hall–Kier alpha value is -2.64. The molecule has 2 heterocycles. The van der Waals surface area contributed by atoms with Gasteiger partial charge in [-0.1, -0.05) is 12.1 Å². The Kier molecular flexibility index (Phi) is 7.84. The lowest BCUT2D eigenvalue weighted by molar-refractivity contribution is 0.0928. The first-order chi connectivity index (χ1) is 14.2. The van der Waals surface area contributed by atoms with E-state index >= 15 is 0 Å². The molecule has 0 radical (unpaired) electrons. The van der Waals surface area contributed by atoms with Crippen molar-refractivity contribution in [3.05, 3.63) is 53.7 Å². The first kappa shape index (κ1) is 21.1. The molecule has 29 heavy (non-hydrogen) atoms. The summed E-state index contributed by atoms with van der Waals surface area (Å²) in [4.78, 5) is 19.5. The van der Waals surface area contributed by atoms with E-state index < -0.39 is 0 Å². The maximum atomic E-state index is 12.8. The van der Waals surface area contributed by atoms with Crippen LogP contribution in [0.25, 0.3) is 0 Å². The maximum Gasteiger partial charge on any atom is 0.256 e. The van der Waals surface area contributed by atoms with Crippen LogP contribution in [-0.4, -0.2) is 62.9 Å². The summed E-state index contributed by atoms with van der Waals surface area (Å²) < 4.78 is 15.9. The van der Waals surface area contributed by atoms with Gasteiger partial charge in [-0.2, -0.15) is 0 Å². The van der Waals surface area contributed by atoms with Crippen molar-refractivity contribution >= 4 is 5.91 Å². The fourth-order valence-electron chi connectivity index (χ4n) is 3.52. The van der Waals surface area contributed by atoms with Crippen molar-refractivity contribution < 1.29 is 19.0 Å². The molecule has 3 rings (SSSR count). The number of carbonyl (C=O) groups excluding carboxylic acids is 1. The standard InChI is InChI=1S/C22H29N3O4/c1-27-14-15-29-22-19(6-5-11-23-22)21(26)24-16-20(25-12-3-4-13-25)17-7-9-18(28-2)10-8-17/h5-11,20H,3-4,12-16H2,1-2H3,(H,24,26). The first-order valence-electron chi connectivity index (χ1n) is 9.96. The lowest BCUT2D eigenvalue weighted by atomic mass is 10.0. The van der Waals surface area contributed by atoms with Crippen LogP contribution in [0.2, 0.25) is 0 Å². The van der Waals surface area contributed by atoms with Crippen molar-refractivity contribution in [2.45, 2.75) is 18.9 Å². The third kappa shape index (κ3) is 5.68. The van der Waals surface area contributed by atoms with Gasteiger partial charge in [-0.15, -0.1) is 0 Å². The summed E-state index contributed by atoms with van der Waals surface area (Å²) in [5.41, 5.74) is 1.59. The summed E-state index contributed by atoms with van der Waals surface area (Å²) in [6.45, 7) is 3.36. The predicted octanol–water partition coefficient (Wildman–Crippen LogP) is 2.68. The SMILES string of the molecule is COCCOc1ncccc1C(=O)NCC(c1ccc(OC)cc1)N1CCCC1. The Morgan fingerprint density at radius 1 is 1.14 bits per heavy atom. The van der Waals surface area contributed by atoms with Gasteiger partial charge >= 0.3 is 0 Å². The smallest absolute Gasteiger partial charge is 0.256 e. The van der Waals surface area contributed by atoms with Crippen molar-refractivity contribution in [1.29, 1.82) is 0 Å². The highest BCUT2D eigenvalue weighted by atomic mass is 16.5. The molecule has 1 aromatic carbocycles. The van der Waals surface area contributed by atoms with Crippen molar-refractivity contribution in [2.24, 2.45) is 0 Å². The van der Waals surface area contributed by atoms with Crippen LogP contribution >= 0.6 is 0 Å². The summed E-state index contributed by atoms with van der Waals surface area (Å²) in [5, 5.41) is 3.07. The Balaban J connectivity index is 1.69. The number of methoxy groups -OCH3 is 2. The number of carbonyl (C=O) groups is 1. The highest BCUT2D eigenvalue weighted by molar-refractivity contribution is 5.96. The van der Waals surface area contributed by atoms with Gasteiger partial charge in [0.05, 0.1) is 19.8 Å². The van der Waals surface area contributed by atoms with E-state index in [0.29, 0.717) is 31.2 Å². The van der Waals surface area contributed by atoms with E-state index in [1.54, 1.807) is 32.5 Å². The molecule has 1 saturated heterocycles. The van der Waals surface area contributed by atoms with Gasteiger partial charge in [-0.25, -0.2) is 4.98 Å². The first-order valence-corrected chi connectivity index (χ1v) is 9.96. The third-order valence-corrected chi connectivity index (χ3v) is 5.08. The van der Waals surface area contributed by atoms with E-state index in [0.717, 1.165) is 24.4 Å². The molecule has 0 bridgehead atoms. The summed E-state index contributed by atoms with van der Waals surface area (Å²) in [7, 11) is 3.26. The highest BCUT2D eigenvalue weighted by Crippen LogP contribution is 2.26. The zero-order valence-electron chi connectivity index (χ0n) is 17.1. The zero-order valence-corrected chi connectivity index (χ0v) is 17.1. The number of likely N-dealkylation sites (tertiary alicyclic amines) is 1. The largest absolute Gasteiger partial charge is 0.497 e. The monoisotopic (exact) mass is 399 g/mol. The number of nitrogens with one attached hydrogen (secondary N) is 1. The fourth-order valence-corrected chi connectivity index (χ4v) is 3.52. The average molecular weight is 399 g/mol. The molecular formula is C22H29N3O4. The Bertz CT molecular complexity index is 776. The average Bonchev–Trinajstić information content (AvgIpc) is 3.29. The lowest BCUT2D eigenvalue weighted by Gasteiger charge is -2.28. The second-order valence-electron chi connectivity index (χ2n) is 6.94. The fraction of sp³-hybridized carbons (Fsp3) is 0.455. The zero-order chi connectivity index (χ0) is 20.5. The minimum Gasteiger partial charge on any atom is -0.497 e. The van der Waals surface area contributed by atoms with Crippen LogP contribution in [0.15, 0.2) is 42.6 Å². The van der Waals surface area contributed by atoms with Gasteiger partial charge in [0.1, 0.15) is 17.9 Å². The normalized spacial score (nSPS) is 15.1. The van der Waals surface area contributed by atoms with Gasteiger partial charge in [0.25, 0.3) is 5.91 Å². The second kappa shape index (κ2) is 10.8. The molecule has 7 nitrogen and oxygen atoms in total. The van der Waals surface area contributed by atoms with E-state index in [9.17, 15) is 4.79 Å². The molecule has 1 amide bonds. The van der Waals surface area contributed by atoms with Gasteiger partial charge in [0.2, 0.25) is 5.88 Å². The van der Waals surface area contributed by atoms with E-state index in [1.165, 1.54) is 12.8 Å². The molecule has 1 unspecified atom stereocenters. The van der Waals surface area contributed by atoms with Gasteiger partial charge in [-0.3, -0.25) is 9.69 Å². The number of hydrogen-bond acceptors (Lipinski definition) is 6. The van der Waals surface area contributed by atoms with Gasteiger partial charge in [0, 0.05) is 19.9 Å². The molecule has 0 saturated carbocycles. The third-order valence-electron chi connectivity index (χ3n) is 5.08. The summed E-state index contributed by atoms with van der Waals surface area (Å²) >= 11 is 0. The summed E-state index contributed by atoms with van der Waals surface area (Å²) in [6.07, 6.45) is 3.98. The molecule has 7 heteroatoms. The van der Waals surface area contributed by atoms with Crippen molar-refractivity contribution in [3.63, 3.8) is 0 Å². The maximum absolute atomic E-state index is 12.8. The van der Waals surface area contributed by atoms with Gasteiger partial charge in [0.15, 0.2) is 0 Å². The van der Waals surface area contributed by atoms with Gasteiger partial charge < -0.3 is 19.5 Å². The number of amides is 1. The van der Waals surface area contributed by atoms with E-state index in [4.69, 9.17) is 14.2 Å². The highest BCUT2D eigenvalue weighted by Gasteiger charge is 2.25. The number of pyridine rings is 1. The quantitative estimate of drug-likeness (QED) is 0.620. The molecule has 2 aromatic rings. The van der Waals surface area contributed by atoms with Crippen LogP contribution in [0.4, 0.5) is 0 Å². The van der Waals surface area contributed by atoms with Crippen molar-refractivity contribution in [2.75, 3.05) is 47.1 Å². The Morgan fingerprint density at radius 2 is 1.90 bits per heavy atom. The second-order valence-corrected chi connectivity index (χ2v) is 6.94. The van der Waals surface area contributed by atoms with E-state index in [1.807, 2.05) is 12.1 Å². The minimum absolute atomic E-state index is 0.113. The van der Waals surface area contributed by atoms with Crippen LogP contribution in [0, 0.1) is 0 Å². The number of nitrogens with zero attached hydrogens (tertiary/aromatic N) is 2. The molecule has 0 aliphatic carbocycles. The topological polar surface area (TPSA) is 72.9 Å². The van der Waals surface area contributed by atoms with E-state index in [-0.39, 0.29) is 11.9 Å². The summed E-state index contributed by atoms with van der Waals surface area (Å²) in [6, 6.07) is 11.6. The molecule has 1 aliphatic heterocycles. The van der Waals surface area contributed by atoms with Crippen molar-refractivity contribution in [3.8, 4) is 11.6 Å². The Labute approximate surface area is 172 Å². The summed E-state index contributed by atoms with van der Waals surface area (Å²) in [5.74, 6) is 0.957. The number of aromatic nitrogens is 1. The molecule has 156 valence electrons. The van der Waals surface area contributed by atoms with Crippen LogP contribution < -0.4 is 14.8 Å². The molecule has 1 aromatic heterocycles. The van der Waals surface area contributed by atoms with Gasteiger partial charge in [-0.05, 0) is 55.8 Å². The molecule has 1 N–H and O–H groups in total. The molecular weight excluding hydrogens is 370 g/mol. The van der Waals surface area contributed by atoms with Crippen LogP contribution in [-0.2, 0) is 4.74 Å². The number of hydrogen-bond donors (Lipinski definition) is 1. The van der Waals surface area contributed by atoms with Crippen molar-refractivity contribution in [1.82, 2.24) is 15.2 Å². The van der Waals surface area contributed by atoms with Crippen LogP contribution in [0.1, 0.15) is 34.8 Å². The Morgan fingerprint density at radius 3 is 2.59 bits per heavy atom. The lowest BCUT2D eigenvalue weighted by Crippen LogP contribution is -2.37. The molecule has 1 aliphatic rings. The van der Waals surface area contributed by atoms with Crippen LogP contribution in [0.3, 0.4) is 0 Å². The van der Waals surface area contributed by atoms with E-state index in [2.05, 4.69) is 27.3 Å². The molecule has 1 atom stereocenters. The molecule has 1 fully saturated rings. The molecule has 0 spiro atoms.